The zero-order valence-corrected chi connectivity index (χ0v) is 33.7. The highest BCUT2D eigenvalue weighted by atomic mass is 15.2. The molecule has 0 saturated carbocycles. The first-order valence-corrected chi connectivity index (χ1v) is 21.1. The Hall–Kier alpha value is -8.34. The molecule has 0 aliphatic heterocycles. The van der Waals surface area contributed by atoms with E-state index in [0.29, 0.717) is 5.95 Å². The molecule has 12 aromatic rings. The van der Waals surface area contributed by atoms with Crippen LogP contribution in [0.2, 0.25) is 0 Å². The van der Waals surface area contributed by atoms with Gasteiger partial charge in [-0.25, -0.2) is 9.97 Å². The summed E-state index contributed by atoms with van der Waals surface area (Å²) in [5.74, 6) is 0.613. The number of rotatable bonds is 7. The van der Waals surface area contributed by atoms with Gasteiger partial charge >= 0.3 is 0 Å². The number of benzene rings is 9. The Labute approximate surface area is 359 Å². The topological polar surface area (TPSA) is 35.6 Å². The molecule has 62 heavy (non-hydrogen) atoms. The number of nitrogens with zero attached hydrogens (tertiary/aromatic N) is 4. The molecule has 0 unspecified atom stereocenters. The molecular weight excluding hydrogens is 753 g/mol. The van der Waals surface area contributed by atoms with E-state index in [1.165, 1.54) is 33.0 Å². The summed E-state index contributed by atoms with van der Waals surface area (Å²) < 4.78 is 4.76. The van der Waals surface area contributed by atoms with Gasteiger partial charge in [0.15, 0.2) is 0 Å². The van der Waals surface area contributed by atoms with Crippen LogP contribution in [0.3, 0.4) is 0 Å². The summed E-state index contributed by atoms with van der Waals surface area (Å²) in [6, 6.07) is 82.1. The molecule has 9 aromatic carbocycles. The molecule has 3 aromatic heterocycles. The Kier molecular flexibility index (Phi) is 8.46. The lowest BCUT2D eigenvalue weighted by molar-refractivity contribution is 0.995. The van der Waals surface area contributed by atoms with E-state index in [-0.39, 0.29) is 0 Å². The van der Waals surface area contributed by atoms with E-state index in [9.17, 15) is 0 Å². The Morgan fingerprint density at radius 1 is 0.290 bits per heavy atom. The SMILES string of the molecule is c1ccc(-c2ccc(-c3cc(-c4ccccc4)nc(-n4c5ccccc5c5c(-c6ccccc6)cc6c7ccccc7n(-c7ccc(-c8ccccc8)cc7)c6c54)n3)cc2)cc1. The summed E-state index contributed by atoms with van der Waals surface area (Å²) in [7, 11) is 0. The molecule has 0 amide bonds. The van der Waals surface area contributed by atoms with Crippen molar-refractivity contribution in [3.05, 3.63) is 231 Å². The fourth-order valence-corrected chi connectivity index (χ4v) is 9.26. The molecule has 0 fully saturated rings. The Morgan fingerprint density at radius 2 is 0.710 bits per heavy atom. The van der Waals surface area contributed by atoms with Crippen LogP contribution in [-0.2, 0) is 0 Å². The minimum Gasteiger partial charge on any atom is -0.307 e. The van der Waals surface area contributed by atoms with E-state index < -0.39 is 0 Å². The largest absolute Gasteiger partial charge is 0.307 e. The first-order chi connectivity index (χ1) is 30.8. The van der Waals surface area contributed by atoms with Crippen LogP contribution in [0.4, 0.5) is 0 Å². The maximum atomic E-state index is 5.53. The molecule has 0 N–H and O–H groups in total. The van der Waals surface area contributed by atoms with Crippen molar-refractivity contribution in [1.29, 1.82) is 0 Å². The normalized spacial score (nSPS) is 11.5. The summed E-state index contributed by atoms with van der Waals surface area (Å²) in [5.41, 5.74) is 16.2. The van der Waals surface area contributed by atoms with Gasteiger partial charge in [0, 0.05) is 38.4 Å². The lowest BCUT2D eigenvalue weighted by Crippen LogP contribution is -2.05. The maximum Gasteiger partial charge on any atom is 0.235 e. The molecule has 0 aliphatic rings. The van der Waals surface area contributed by atoms with Crippen LogP contribution in [0.1, 0.15) is 0 Å². The molecule has 0 aliphatic carbocycles. The average Bonchev–Trinajstić information content (AvgIpc) is 3.88. The monoisotopic (exact) mass is 790 g/mol. The third-order valence-electron chi connectivity index (χ3n) is 12.2. The van der Waals surface area contributed by atoms with Crippen molar-refractivity contribution >= 4 is 43.6 Å². The second-order valence-electron chi connectivity index (χ2n) is 15.8. The van der Waals surface area contributed by atoms with Crippen LogP contribution in [0.5, 0.6) is 0 Å². The van der Waals surface area contributed by atoms with Gasteiger partial charge < -0.3 is 4.57 Å². The van der Waals surface area contributed by atoms with Crippen LogP contribution in [0, 0.1) is 0 Å². The third-order valence-corrected chi connectivity index (χ3v) is 12.2. The summed E-state index contributed by atoms with van der Waals surface area (Å²) in [6.07, 6.45) is 0. The quantitative estimate of drug-likeness (QED) is 0.161. The molecular formula is C58H38N4. The van der Waals surface area contributed by atoms with Crippen LogP contribution in [0.15, 0.2) is 231 Å². The molecule has 0 spiro atoms. The zero-order valence-electron chi connectivity index (χ0n) is 33.7. The lowest BCUT2D eigenvalue weighted by Gasteiger charge is -2.15. The fraction of sp³-hybridized carbons (Fsp3) is 0. The molecule has 0 radical (unpaired) electrons. The Balaban J connectivity index is 1.20. The van der Waals surface area contributed by atoms with Gasteiger partial charge in [-0.1, -0.05) is 194 Å². The summed E-state index contributed by atoms with van der Waals surface area (Å²) in [5, 5.41) is 4.65. The summed E-state index contributed by atoms with van der Waals surface area (Å²) >= 11 is 0. The number of aromatic nitrogens is 4. The van der Waals surface area contributed by atoms with Crippen molar-refractivity contribution in [1.82, 2.24) is 19.1 Å². The zero-order chi connectivity index (χ0) is 41.0. The van der Waals surface area contributed by atoms with Gasteiger partial charge in [-0.2, -0.15) is 0 Å². The van der Waals surface area contributed by atoms with Gasteiger partial charge in [0.2, 0.25) is 5.95 Å². The number of hydrogen-bond acceptors (Lipinski definition) is 2. The highest BCUT2D eigenvalue weighted by molar-refractivity contribution is 6.28. The standard InChI is InChI=1S/C58H38N4/c1-5-17-39(18-6-1)41-29-31-45(32-30-41)52-38-51(44-23-11-4-12-24-44)59-58(60-52)62-54-28-16-14-26-48(54)55-49(43-21-9-3-10-22-43)37-50-47-25-13-15-27-53(47)61(56(50)57(55)62)46-35-33-42(34-36-46)40-19-7-2-8-20-40/h1-38H. The van der Waals surface area contributed by atoms with E-state index >= 15 is 0 Å². The molecule has 4 heteroatoms. The molecule has 3 heterocycles. The highest BCUT2D eigenvalue weighted by Gasteiger charge is 2.26. The average molecular weight is 791 g/mol. The second-order valence-corrected chi connectivity index (χ2v) is 15.8. The third kappa shape index (κ3) is 5.92. The first-order valence-electron chi connectivity index (χ1n) is 21.1. The van der Waals surface area contributed by atoms with Crippen LogP contribution in [-0.4, -0.2) is 19.1 Å². The molecule has 0 saturated heterocycles. The predicted molar refractivity (Wildman–Crippen MR) is 258 cm³/mol. The molecule has 290 valence electrons. The van der Waals surface area contributed by atoms with E-state index in [0.717, 1.165) is 72.2 Å². The van der Waals surface area contributed by atoms with Crippen molar-refractivity contribution in [3.8, 4) is 67.5 Å². The minimum atomic E-state index is 0.613. The number of hydrogen-bond donors (Lipinski definition) is 0. The van der Waals surface area contributed by atoms with E-state index in [2.05, 4.69) is 240 Å². The van der Waals surface area contributed by atoms with Crippen molar-refractivity contribution in [2.45, 2.75) is 0 Å². The van der Waals surface area contributed by atoms with Crippen LogP contribution in [0.25, 0.3) is 111 Å². The van der Waals surface area contributed by atoms with E-state index in [1.54, 1.807) is 0 Å². The minimum absolute atomic E-state index is 0.613. The molecule has 12 rings (SSSR count). The molecule has 4 nitrogen and oxygen atoms in total. The Morgan fingerprint density at radius 3 is 1.29 bits per heavy atom. The molecule has 0 atom stereocenters. The van der Waals surface area contributed by atoms with Crippen molar-refractivity contribution in [2.24, 2.45) is 0 Å². The van der Waals surface area contributed by atoms with E-state index in [4.69, 9.17) is 9.97 Å². The van der Waals surface area contributed by atoms with Gasteiger partial charge in [0.05, 0.1) is 33.5 Å². The fourth-order valence-electron chi connectivity index (χ4n) is 9.26. The summed E-state index contributed by atoms with van der Waals surface area (Å²) in [6.45, 7) is 0. The van der Waals surface area contributed by atoms with Crippen molar-refractivity contribution in [2.75, 3.05) is 0 Å². The van der Waals surface area contributed by atoms with Crippen LogP contribution < -0.4 is 0 Å². The lowest BCUT2D eigenvalue weighted by atomic mass is 9.96. The van der Waals surface area contributed by atoms with Gasteiger partial charge in [-0.15, -0.1) is 0 Å². The van der Waals surface area contributed by atoms with Gasteiger partial charge in [-0.05, 0) is 69.8 Å². The smallest absolute Gasteiger partial charge is 0.235 e. The van der Waals surface area contributed by atoms with Crippen LogP contribution >= 0.6 is 0 Å². The second kappa shape index (κ2) is 14.7. The number of para-hydroxylation sites is 2. The van der Waals surface area contributed by atoms with Gasteiger partial charge in [0.25, 0.3) is 0 Å². The summed E-state index contributed by atoms with van der Waals surface area (Å²) in [4.78, 5) is 11.0. The first kappa shape index (κ1) is 35.6. The van der Waals surface area contributed by atoms with Crippen molar-refractivity contribution in [3.63, 3.8) is 0 Å². The van der Waals surface area contributed by atoms with Gasteiger partial charge in [-0.3, -0.25) is 4.57 Å². The van der Waals surface area contributed by atoms with E-state index in [1.807, 2.05) is 0 Å². The predicted octanol–water partition coefficient (Wildman–Crippen LogP) is 15.0. The molecule has 0 bridgehead atoms. The number of fused-ring (bicyclic) bond motifs is 7. The Bertz CT molecular complexity index is 3570. The van der Waals surface area contributed by atoms with Crippen molar-refractivity contribution < 1.29 is 0 Å². The van der Waals surface area contributed by atoms with Gasteiger partial charge in [0.1, 0.15) is 0 Å². The maximum absolute atomic E-state index is 5.53. The highest BCUT2D eigenvalue weighted by Crippen LogP contribution is 2.46.